The monoisotopic (exact) mass is 563 g/mol. The quantitative estimate of drug-likeness (QED) is 0.277. The second-order valence-corrected chi connectivity index (χ2v) is 12.3. The Kier molecular flexibility index (Phi) is 5.54. The van der Waals surface area contributed by atoms with Crippen molar-refractivity contribution in [3.8, 4) is 17.2 Å². The molecule has 6 rings (SSSR count). The number of aromatic hydroxyl groups is 2. The first-order valence-corrected chi connectivity index (χ1v) is 13.6. The van der Waals surface area contributed by atoms with Crippen LogP contribution in [0.2, 0.25) is 0 Å². The van der Waals surface area contributed by atoms with Crippen molar-refractivity contribution in [1.82, 2.24) is 0 Å². The van der Waals surface area contributed by atoms with E-state index in [1.807, 2.05) is 6.92 Å². The van der Waals surface area contributed by atoms with Gasteiger partial charge in [0.15, 0.2) is 11.4 Å². The number of phenols is 2. The molecule has 0 aliphatic heterocycles. The summed E-state index contributed by atoms with van der Waals surface area (Å²) < 4.78 is 11.7. The number of ketones is 2. The van der Waals surface area contributed by atoms with Crippen molar-refractivity contribution < 1.29 is 44.3 Å². The van der Waals surface area contributed by atoms with E-state index in [9.17, 15) is 34.8 Å². The molecule has 1 spiro atoms. The Bertz CT molecular complexity index is 1680. The highest BCUT2D eigenvalue weighted by atomic mass is 16.5. The molecular formula is C31H33NO9. The minimum Gasteiger partial charge on any atom is -0.508 e. The van der Waals surface area contributed by atoms with Crippen LogP contribution in [0.25, 0.3) is 10.8 Å². The van der Waals surface area contributed by atoms with Crippen molar-refractivity contribution in [2.45, 2.75) is 63.6 Å². The van der Waals surface area contributed by atoms with E-state index in [2.05, 4.69) is 19.9 Å². The molecule has 4 aliphatic rings. The maximum absolute atomic E-state index is 14.2. The maximum atomic E-state index is 14.2. The zero-order valence-corrected chi connectivity index (χ0v) is 23.5. The van der Waals surface area contributed by atoms with E-state index in [0.717, 1.165) is 24.0 Å². The summed E-state index contributed by atoms with van der Waals surface area (Å²) in [6.45, 7) is 6.36. The summed E-state index contributed by atoms with van der Waals surface area (Å²) in [6.07, 6.45) is 2.60. The number of amides is 1. The van der Waals surface area contributed by atoms with Gasteiger partial charge in [-0.3, -0.25) is 14.4 Å². The smallest absolute Gasteiger partial charge is 0.255 e. The van der Waals surface area contributed by atoms with Crippen LogP contribution in [0.5, 0.6) is 17.2 Å². The van der Waals surface area contributed by atoms with Crippen molar-refractivity contribution >= 4 is 28.2 Å². The van der Waals surface area contributed by atoms with Crippen LogP contribution in [0.15, 0.2) is 29.0 Å². The second kappa shape index (κ2) is 8.33. The number of primary amides is 1. The van der Waals surface area contributed by atoms with E-state index in [1.54, 1.807) is 0 Å². The van der Waals surface area contributed by atoms with Gasteiger partial charge in [-0.05, 0) is 42.7 Å². The molecule has 0 fully saturated rings. The van der Waals surface area contributed by atoms with E-state index in [-0.39, 0.29) is 27.7 Å². The number of nitrogens with two attached hydrogens (primary N) is 1. The van der Waals surface area contributed by atoms with Crippen LogP contribution in [-0.4, -0.2) is 57.7 Å². The van der Waals surface area contributed by atoms with Crippen molar-refractivity contribution in [1.29, 1.82) is 0 Å². The average molecular weight is 564 g/mol. The van der Waals surface area contributed by atoms with E-state index in [1.165, 1.54) is 20.3 Å². The van der Waals surface area contributed by atoms with Gasteiger partial charge in [0.05, 0.1) is 24.2 Å². The molecule has 0 aromatic heterocycles. The largest absolute Gasteiger partial charge is 0.508 e. The van der Waals surface area contributed by atoms with Crippen LogP contribution in [0, 0.1) is 11.3 Å². The summed E-state index contributed by atoms with van der Waals surface area (Å²) in [5.74, 6) is -6.20. The van der Waals surface area contributed by atoms with E-state index < -0.39 is 64.0 Å². The lowest BCUT2D eigenvalue weighted by Crippen LogP contribution is -2.58. The summed E-state index contributed by atoms with van der Waals surface area (Å²) in [7, 11) is 2.86. The number of hydrogen-bond donors (Lipinski definition) is 5. The molecule has 2 aromatic carbocycles. The molecule has 0 heterocycles. The highest BCUT2D eigenvalue weighted by Gasteiger charge is 2.64. The highest BCUT2D eigenvalue weighted by molar-refractivity contribution is 6.23. The van der Waals surface area contributed by atoms with Gasteiger partial charge in [-0.15, -0.1) is 0 Å². The number of Topliss-reactive ketones (excluding diaryl/α,β-unsaturated/α-hetero) is 2. The molecule has 0 saturated carbocycles. The zero-order chi connectivity index (χ0) is 30.0. The van der Waals surface area contributed by atoms with Crippen LogP contribution < -0.4 is 10.5 Å². The van der Waals surface area contributed by atoms with Crippen molar-refractivity contribution in [2.24, 2.45) is 17.1 Å². The van der Waals surface area contributed by atoms with E-state index in [0.29, 0.717) is 23.1 Å². The molecule has 6 N–H and O–H groups in total. The molecule has 10 nitrogen and oxygen atoms in total. The Morgan fingerprint density at radius 3 is 2.39 bits per heavy atom. The third kappa shape index (κ3) is 2.96. The lowest BCUT2D eigenvalue weighted by molar-refractivity contribution is -0.131. The lowest BCUT2D eigenvalue weighted by Gasteiger charge is -2.49. The first-order chi connectivity index (χ1) is 19.2. The molecular weight excluding hydrogens is 530 g/mol. The molecule has 1 amide bonds. The number of carbonyl (C=O) groups is 3. The van der Waals surface area contributed by atoms with Crippen LogP contribution in [0.1, 0.15) is 73.2 Å². The second-order valence-electron chi connectivity index (χ2n) is 12.3. The van der Waals surface area contributed by atoms with Gasteiger partial charge in [0.2, 0.25) is 5.78 Å². The van der Waals surface area contributed by atoms with Crippen molar-refractivity contribution in [3.63, 3.8) is 0 Å². The molecule has 4 aliphatic carbocycles. The number of fused-ring (bicyclic) bond motifs is 4. The predicted octanol–water partition coefficient (Wildman–Crippen LogP) is 3.32. The molecule has 216 valence electrons. The number of methoxy groups -OCH3 is 2. The number of aliphatic hydroxyl groups is 2. The predicted molar refractivity (Wildman–Crippen MR) is 147 cm³/mol. The maximum Gasteiger partial charge on any atom is 0.255 e. The van der Waals surface area contributed by atoms with Gasteiger partial charge in [0.25, 0.3) is 5.91 Å². The molecule has 2 aromatic rings. The Morgan fingerprint density at radius 1 is 1.12 bits per heavy atom. The van der Waals surface area contributed by atoms with Crippen LogP contribution in [-0.2, 0) is 26.2 Å². The van der Waals surface area contributed by atoms with Crippen molar-refractivity contribution in [2.75, 3.05) is 14.2 Å². The number of hydrogen-bond acceptors (Lipinski definition) is 9. The molecule has 4 atom stereocenters. The number of carbonyl (C=O) groups excluding carboxylic acids is 3. The standard InChI is InChI=1S/C31H33NO9/c1-12-7-6-8-29(2,3)30(12)11-13-18-20(16(34)10-17(40-4)23(18)30)24(35)22-19(13)25(41-5)14-9-15(33)21(28(32)38)26(36)31(14,39)27(22)37/h7,10,14,25,34-36,39H,6,8-9,11H2,1-5H3,(H2,32,38)/t14-,25+,30-,31-/m1/s1. The molecule has 0 radical (unpaired) electrons. The van der Waals surface area contributed by atoms with Gasteiger partial charge in [-0.25, -0.2) is 0 Å². The summed E-state index contributed by atoms with van der Waals surface area (Å²) in [5.41, 5.74) is 3.16. The molecule has 0 unspecified atom stereocenters. The van der Waals surface area contributed by atoms with Crippen molar-refractivity contribution in [3.05, 3.63) is 51.3 Å². The van der Waals surface area contributed by atoms with Gasteiger partial charge in [0.1, 0.15) is 28.6 Å². The first kappa shape index (κ1) is 27.3. The summed E-state index contributed by atoms with van der Waals surface area (Å²) in [4.78, 5) is 39.2. The van der Waals surface area contributed by atoms with E-state index in [4.69, 9.17) is 15.2 Å². The molecule has 10 heteroatoms. The SMILES string of the molecule is COc1cc(O)c2c(O)c3c(c4c2c1[C@@]1(C4)C(C)=CCCC1(C)C)[C@@H](OC)[C@H]1CC(=O)C(C(N)=O)=C(O)[C@@]1(O)C3=O. The van der Waals surface area contributed by atoms with Gasteiger partial charge in [-0.2, -0.15) is 0 Å². The molecule has 0 saturated heterocycles. The third-order valence-corrected chi connectivity index (χ3v) is 10.3. The number of ether oxygens (including phenoxy) is 2. The first-order valence-electron chi connectivity index (χ1n) is 13.6. The van der Waals surface area contributed by atoms with Gasteiger partial charge < -0.3 is 35.6 Å². The fraction of sp³-hybridized carbons (Fsp3) is 0.452. The number of phenolic OH excluding ortho intramolecular Hbond substituents is 2. The van der Waals surface area contributed by atoms with Crippen LogP contribution in [0.3, 0.4) is 0 Å². The van der Waals surface area contributed by atoms with Gasteiger partial charge >= 0.3 is 0 Å². The fourth-order valence-electron chi connectivity index (χ4n) is 8.35. The minimum absolute atomic E-state index is 0.0105. The fourth-order valence-corrected chi connectivity index (χ4v) is 8.35. The topological polar surface area (TPSA) is 177 Å². The molecule has 0 bridgehead atoms. The Labute approximate surface area is 236 Å². The lowest BCUT2D eigenvalue weighted by atomic mass is 9.54. The Hall–Kier alpha value is -3.89. The third-order valence-electron chi connectivity index (χ3n) is 10.3. The number of aliphatic hydroxyl groups excluding tert-OH is 1. The number of rotatable bonds is 3. The zero-order valence-electron chi connectivity index (χ0n) is 23.5. The minimum atomic E-state index is -2.77. The van der Waals surface area contributed by atoms with Crippen LogP contribution in [0.4, 0.5) is 0 Å². The number of benzene rings is 2. The van der Waals surface area contributed by atoms with Gasteiger partial charge in [0, 0.05) is 41.9 Å². The highest BCUT2D eigenvalue weighted by Crippen LogP contribution is 2.66. The van der Waals surface area contributed by atoms with E-state index >= 15 is 0 Å². The summed E-state index contributed by atoms with van der Waals surface area (Å²) in [6, 6.07) is 1.42. The average Bonchev–Trinajstić information content (AvgIpc) is 3.26. The van der Waals surface area contributed by atoms with Crippen LogP contribution >= 0.6 is 0 Å². The number of allylic oxidation sites excluding steroid dienone is 2. The Balaban J connectivity index is 1.78. The normalized spacial score (nSPS) is 30.0. The summed E-state index contributed by atoms with van der Waals surface area (Å²) in [5, 5.41) is 46.3. The molecule has 41 heavy (non-hydrogen) atoms. The van der Waals surface area contributed by atoms with Gasteiger partial charge in [-0.1, -0.05) is 25.5 Å². The summed E-state index contributed by atoms with van der Waals surface area (Å²) >= 11 is 0. The Morgan fingerprint density at radius 2 is 1.80 bits per heavy atom.